The summed E-state index contributed by atoms with van der Waals surface area (Å²) in [7, 11) is 4.24. The number of hydrogen-bond acceptors (Lipinski definition) is 3. The Morgan fingerprint density at radius 3 is 2.82 bits per heavy atom. The second kappa shape index (κ2) is 6.15. The first-order valence-corrected chi connectivity index (χ1v) is 6.43. The Morgan fingerprint density at radius 2 is 2.18 bits per heavy atom. The second-order valence-electron chi connectivity index (χ2n) is 4.90. The van der Waals surface area contributed by atoms with Crippen molar-refractivity contribution in [3.8, 4) is 0 Å². The van der Waals surface area contributed by atoms with Gasteiger partial charge in [0.05, 0.1) is 0 Å². The van der Waals surface area contributed by atoms with E-state index < -0.39 is 0 Å². The van der Waals surface area contributed by atoms with E-state index in [2.05, 4.69) is 52.9 Å². The van der Waals surface area contributed by atoms with Crippen LogP contribution in [0.1, 0.15) is 18.0 Å². The van der Waals surface area contributed by atoms with Gasteiger partial charge in [-0.15, -0.1) is 0 Å². The highest BCUT2D eigenvalue weighted by Gasteiger charge is 2.20. The zero-order valence-electron chi connectivity index (χ0n) is 10.8. The van der Waals surface area contributed by atoms with Crippen LogP contribution in [0.2, 0.25) is 0 Å². The van der Waals surface area contributed by atoms with Crippen molar-refractivity contribution in [3.63, 3.8) is 0 Å². The van der Waals surface area contributed by atoms with Gasteiger partial charge in [-0.2, -0.15) is 0 Å². The predicted molar refractivity (Wildman–Crippen MR) is 72.1 cm³/mol. The Hall–Kier alpha value is -0.900. The average molecular weight is 233 g/mol. The van der Waals surface area contributed by atoms with Crippen LogP contribution in [-0.4, -0.2) is 44.7 Å². The molecule has 0 radical (unpaired) electrons. The molecular formula is C14H23N3. The number of hydrogen-bond donors (Lipinski definition) is 2. The van der Waals surface area contributed by atoms with Crippen LogP contribution >= 0.6 is 0 Å². The third-order valence-electron chi connectivity index (χ3n) is 3.53. The molecule has 0 aromatic heterocycles. The van der Waals surface area contributed by atoms with E-state index in [4.69, 9.17) is 0 Å². The molecule has 2 rings (SSSR count). The Morgan fingerprint density at radius 1 is 1.41 bits per heavy atom. The topological polar surface area (TPSA) is 27.3 Å². The van der Waals surface area contributed by atoms with Crippen molar-refractivity contribution >= 4 is 0 Å². The van der Waals surface area contributed by atoms with Gasteiger partial charge >= 0.3 is 0 Å². The molecule has 0 bridgehead atoms. The molecule has 1 aromatic rings. The van der Waals surface area contributed by atoms with Gasteiger partial charge in [-0.3, -0.25) is 0 Å². The lowest BCUT2D eigenvalue weighted by atomic mass is 9.98. The molecule has 2 N–H and O–H groups in total. The third kappa shape index (κ3) is 3.53. The maximum absolute atomic E-state index is 3.60. The number of rotatable bonds is 4. The van der Waals surface area contributed by atoms with Gasteiger partial charge in [0.1, 0.15) is 0 Å². The first-order valence-electron chi connectivity index (χ1n) is 6.43. The normalized spacial score (nSPS) is 23.5. The molecule has 0 aliphatic carbocycles. The highest BCUT2D eigenvalue weighted by Crippen LogP contribution is 2.18. The maximum atomic E-state index is 3.60. The molecule has 1 heterocycles. The van der Waals surface area contributed by atoms with Crippen LogP contribution < -0.4 is 10.6 Å². The van der Waals surface area contributed by atoms with Crippen LogP contribution in [0, 0.1) is 0 Å². The SMILES string of the molecule is CNC(CC1CN(C)CCN1)c1ccccc1. The van der Waals surface area contributed by atoms with Crippen LogP contribution in [0.4, 0.5) is 0 Å². The van der Waals surface area contributed by atoms with Gasteiger partial charge < -0.3 is 15.5 Å². The fourth-order valence-corrected chi connectivity index (χ4v) is 2.54. The molecular weight excluding hydrogens is 210 g/mol. The lowest BCUT2D eigenvalue weighted by Gasteiger charge is -2.33. The number of benzene rings is 1. The van der Waals surface area contributed by atoms with Crippen molar-refractivity contribution < 1.29 is 0 Å². The molecule has 1 aliphatic heterocycles. The summed E-state index contributed by atoms with van der Waals surface area (Å²) in [4.78, 5) is 2.40. The Balaban J connectivity index is 1.95. The van der Waals surface area contributed by atoms with Gasteiger partial charge in [0.2, 0.25) is 0 Å². The number of nitrogens with zero attached hydrogens (tertiary/aromatic N) is 1. The van der Waals surface area contributed by atoms with Crippen LogP contribution in [0.5, 0.6) is 0 Å². The van der Waals surface area contributed by atoms with E-state index in [1.165, 1.54) is 5.56 Å². The number of nitrogens with one attached hydrogen (secondary N) is 2. The van der Waals surface area contributed by atoms with E-state index >= 15 is 0 Å². The molecule has 0 amide bonds. The lowest BCUT2D eigenvalue weighted by molar-refractivity contribution is 0.222. The molecule has 1 saturated heterocycles. The number of piperazine rings is 1. The molecule has 94 valence electrons. The van der Waals surface area contributed by atoms with Gasteiger partial charge in [0.15, 0.2) is 0 Å². The highest BCUT2D eigenvalue weighted by molar-refractivity contribution is 5.19. The van der Waals surface area contributed by atoms with Gasteiger partial charge in [-0.25, -0.2) is 0 Å². The van der Waals surface area contributed by atoms with Gasteiger partial charge in [0.25, 0.3) is 0 Å². The van der Waals surface area contributed by atoms with E-state index in [1.807, 2.05) is 7.05 Å². The van der Waals surface area contributed by atoms with Crippen LogP contribution in [0.25, 0.3) is 0 Å². The minimum absolute atomic E-state index is 0.445. The minimum Gasteiger partial charge on any atom is -0.313 e. The molecule has 1 fully saturated rings. The van der Waals surface area contributed by atoms with Gasteiger partial charge in [0, 0.05) is 31.7 Å². The number of likely N-dealkylation sites (N-methyl/N-ethyl adjacent to an activating group) is 1. The van der Waals surface area contributed by atoms with Gasteiger partial charge in [-0.1, -0.05) is 30.3 Å². The largest absolute Gasteiger partial charge is 0.313 e. The first-order chi connectivity index (χ1) is 8.29. The van der Waals surface area contributed by atoms with E-state index in [1.54, 1.807) is 0 Å². The highest BCUT2D eigenvalue weighted by atomic mass is 15.2. The van der Waals surface area contributed by atoms with Crippen molar-refractivity contribution in [2.24, 2.45) is 0 Å². The van der Waals surface area contributed by atoms with Gasteiger partial charge in [-0.05, 0) is 26.1 Å². The maximum Gasteiger partial charge on any atom is 0.0332 e. The first kappa shape index (κ1) is 12.6. The predicted octanol–water partition coefficient (Wildman–Crippen LogP) is 1.24. The van der Waals surface area contributed by atoms with Crippen molar-refractivity contribution in [1.82, 2.24) is 15.5 Å². The third-order valence-corrected chi connectivity index (χ3v) is 3.53. The average Bonchev–Trinajstić information content (AvgIpc) is 2.37. The van der Waals surface area contributed by atoms with Crippen molar-refractivity contribution in [2.45, 2.75) is 18.5 Å². The Kier molecular flexibility index (Phi) is 4.54. The molecule has 1 aromatic carbocycles. The fourth-order valence-electron chi connectivity index (χ4n) is 2.54. The van der Waals surface area contributed by atoms with Crippen LogP contribution in [0.3, 0.4) is 0 Å². The lowest BCUT2D eigenvalue weighted by Crippen LogP contribution is -2.50. The summed E-state index contributed by atoms with van der Waals surface area (Å²) in [5.41, 5.74) is 1.38. The molecule has 3 heteroatoms. The fraction of sp³-hybridized carbons (Fsp3) is 0.571. The van der Waals surface area contributed by atoms with Crippen molar-refractivity contribution in [1.29, 1.82) is 0 Å². The summed E-state index contributed by atoms with van der Waals surface area (Å²) in [5.74, 6) is 0. The zero-order valence-corrected chi connectivity index (χ0v) is 10.8. The van der Waals surface area contributed by atoms with Crippen molar-refractivity contribution in [2.75, 3.05) is 33.7 Å². The summed E-state index contributed by atoms with van der Waals surface area (Å²) in [6.45, 7) is 3.41. The van der Waals surface area contributed by atoms with E-state index in [9.17, 15) is 0 Å². The minimum atomic E-state index is 0.445. The Labute approximate surface area is 104 Å². The Bertz CT molecular complexity index is 325. The standard InChI is InChI=1S/C14H23N3/c1-15-14(12-6-4-3-5-7-12)10-13-11-17(2)9-8-16-13/h3-7,13-16H,8-11H2,1-2H3. The summed E-state index contributed by atoms with van der Waals surface area (Å²) < 4.78 is 0. The summed E-state index contributed by atoms with van der Waals surface area (Å²) in [6, 6.07) is 11.7. The molecule has 2 atom stereocenters. The molecule has 3 nitrogen and oxygen atoms in total. The molecule has 17 heavy (non-hydrogen) atoms. The quantitative estimate of drug-likeness (QED) is 0.819. The van der Waals surface area contributed by atoms with E-state index in [0.717, 1.165) is 26.1 Å². The second-order valence-corrected chi connectivity index (χ2v) is 4.90. The summed E-state index contributed by atoms with van der Waals surface area (Å²) in [6.07, 6.45) is 1.14. The van der Waals surface area contributed by atoms with E-state index in [-0.39, 0.29) is 0 Å². The molecule has 0 saturated carbocycles. The van der Waals surface area contributed by atoms with Crippen LogP contribution in [0.15, 0.2) is 30.3 Å². The van der Waals surface area contributed by atoms with E-state index in [0.29, 0.717) is 12.1 Å². The molecule has 2 unspecified atom stereocenters. The zero-order chi connectivity index (χ0) is 12.1. The molecule has 1 aliphatic rings. The van der Waals surface area contributed by atoms with Crippen LogP contribution in [-0.2, 0) is 0 Å². The summed E-state index contributed by atoms with van der Waals surface area (Å²) >= 11 is 0. The van der Waals surface area contributed by atoms with Crippen molar-refractivity contribution in [3.05, 3.63) is 35.9 Å². The summed E-state index contributed by atoms with van der Waals surface area (Å²) in [5, 5.41) is 7.02. The molecule has 0 spiro atoms. The monoisotopic (exact) mass is 233 g/mol. The smallest absolute Gasteiger partial charge is 0.0332 e.